The topological polar surface area (TPSA) is 95.0 Å². The fourth-order valence-corrected chi connectivity index (χ4v) is 5.17. The molecule has 10 heteroatoms. The Kier molecular flexibility index (Phi) is 6.54. The number of imidazole rings is 1. The van der Waals surface area contributed by atoms with Gasteiger partial charge < -0.3 is 20.1 Å². The lowest BCUT2D eigenvalue weighted by Crippen LogP contribution is -2.44. The zero-order valence-corrected chi connectivity index (χ0v) is 22.8. The predicted molar refractivity (Wildman–Crippen MR) is 157 cm³/mol. The first-order chi connectivity index (χ1) is 18.9. The van der Waals surface area contributed by atoms with Crippen molar-refractivity contribution in [2.45, 2.75) is 6.92 Å². The zero-order valence-electron chi connectivity index (χ0n) is 22.1. The van der Waals surface area contributed by atoms with Gasteiger partial charge in [-0.05, 0) is 50.4 Å². The summed E-state index contributed by atoms with van der Waals surface area (Å²) in [6.45, 7) is 6.09. The molecule has 0 radical (unpaired) electrons. The van der Waals surface area contributed by atoms with Gasteiger partial charge in [0.25, 0.3) is 5.56 Å². The third kappa shape index (κ3) is 4.98. The predicted octanol–water partition coefficient (Wildman–Crippen LogP) is 4.84. The molecule has 4 heterocycles. The Bertz CT molecular complexity index is 1720. The number of piperazine rings is 1. The molecule has 0 atom stereocenters. The lowest BCUT2D eigenvalue weighted by Gasteiger charge is -2.34. The fraction of sp³-hybridized carbons (Fsp3) is 0.241. The number of rotatable bonds is 5. The number of aryl methyl sites for hydroxylation is 2. The number of halogens is 1. The maximum absolute atomic E-state index is 13.4. The summed E-state index contributed by atoms with van der Waals surface area (Å²) in [5.41, 5.74) is 5.31. The summed E-state index contributed by atoms with van der Waals surface area (Å²) in [7, 11) is 3.87. The van der Waals surface area contributed by atoms with Crippen molar-refractivity contribution in [1.29, 1.82) is 0 Å². The van der Waals surface area contributed by atoms with Crippen molar-refractivity contribution in [2.75, 3.05) is 43.4 Å². The van der Waals surface area contributed by atoms with Crippen LogP contribution in [-0.4, -0.2) is 62.6 Å². The molecule has 198 valence electrons. The maximum atomic E-state index is 13.4. The number of aromatic amines is 1. The molecule has 5 aromatic rings. The minimum atomic E-state index is -0.188. The Labute approximate surface area is 231 Å². The lowest BCUT2D eigenvalue weighted by molar-refractivity contribution is 0.313. The molecule has 6 rings (SSSR count). The van der Waals surface area contributed by atoms with E-state index in [0.717, 1.165) is 54.3 Å². The van der Waals surface area contributed by atoms with E-state index in [-0.39, 0.29) is 5.56 Å². The van der Waals surface area contributed by atoms with Crippen LogP contribution in [0.3, 0.4) is 0 Å². The number of pyridine rings is 1. The second-order valence-electron chi connectivity index (χ2n) is 9.94. The van der Waals surface area contributed by atoms with Gasteiger partial charge in [0.1, 0.15) is 11.5 Å². The van der Waals surface area contributed by atoms with Crippen molar-refractivity contribution in [3.05, 3.63) is 82.0 Å². The molecule has 0 unspecified atom stereocenters. The highest BCUT2D eigenvalue weighted by Crippen LogP contribution is 2.31. The second-order valence-corrected chi connectivity index (χ2v) is 10.3. The van der Waals surface area contributed by atoms with Gasteiger partial charge in [-0.25, -0.2) is 9.97 Å². The van der Waals surface area contributed by atoms with Crippen molar-refractivity contribution in [1.82, 2.24) is 29.4 Å². The fourth-order valence-electron chi connectivity index (χ4n) is 4.89. The molecule has 3 aromatic heterocycles. The first-order valence-electron chi connectivity index (χ1n) is 12.9. The van der Waals surface area contributed by atoms with Gasteiger partial charge in [-0.3, -0.25) is 9.36 Å². The van der Waals surface area contributed by atoms with Gasteiger partial charge in [-0.1, -0.05) is 23.7 Å². The number of likely N-dealkylation sites (N-methyl/N-ethyl adjacent to an activating group) is 1. The molecule has 2 N–H and O–H groups in total. The number of fused-ring (bicyclic) bond motifs is 1. The Morgan fingerprint density at radius 3 is 2.41 bits per heavy atom. The van der Waals surface area contributed by atoms with Crippen LogP contribution in [0.4, 0.5) is 17.3 Å². The summed E-state index contributed by atoms with van der Waals surface area (Å²) >= 11 is 6.64. The normalized spacial score (nSPS) is 14.2. The third-order valence-electron chi connectivity index (χ3n) is 7.18. The molecule has 1 aliphatic rings. The van der Waals surface area contributed by atoms with Crippen LogP contribution in [0.1, 0.15) is 5.69 Å². The molecule has 0 spiro atoms. The first kappa shape index (κ1) is 25.1. The number of H-pyrrole nitrogens is 1. The molecule has 0 saturated carbocycles. The van der Waals surface area contributed by atoms with Crippen LogP contribution < -0.4 is 15.8 Å². The zero-order chi connectivity index (χ0) is 27.1. The van der Waals surface area contributed by atoms with Crippen molar-refractivity contribution in [3.8, 4) is 22.5 Å². The van der Waals surface area contributed by atoms with Gasteiger partial charge in [0.2, 0.25) is 5.95 Å². The van der Waals surface area contributed by atoms with Crippen molar-refractivity contribution < 1.29 is 0 Å². The van der Waals surface area contributed by atoms with E-state index in [1.165, 1.54) is 10.3 Å². The van der Waals surface area contributed by atoms with E-state index in [0.29, 0.717) is 27.7 Å². The SMILES string of the molecule is Cc1c[nH]c(-c2ccc(-c3cc4cnc(Nc5ccc(N6CCN(C)CC6)cc5)nc4n(C)c3=O)c(Cl)c2)n1. The minimum absolute atomic E-state index is 0.188. The van der Waals surface area contributed by atoms with Crippen LogP contribution >= 0.6 is 11.6 Å². The Balaban J connectivity index is 1.26. The number of hydrogen-bond donors (Lipinski definition) is 2. The van der Waals surface area contributed by atoms with Gasteiger partial charge in [-0.15, -0.1) is 0 Å². The Morgan fingerprint density at radius 1 is 0.949 bits per heavy atom. The lowest BCUT2D eigenvalue weighted by atomic mass is 10.0. The van der Waals surface area contributed by atoms with Crippen LogP contribution in [0.25, 0.3) is 33.5 Å². The molecule has 1 saturated heterocycles. The van der Waals surface area contributed by atoms with E-state index >= 15 is 0 Å². The van der Waals surface area contributed by atoms with Crippen LogP contribution in [0.5, 0.6) is 0 Å². The number of nitrogens with zero attached hydrogens (tertiary/aromatic N) is 6. The highest BCUT2D eigenvalue weighted by atomic mass is 35.5. The average molecular weight is 541 g/mol. The molecule has 1 aliphatic heterocycles. The van der Waals surface area contributed by atoms with E-state index in [2.05, 4.69) is 54.2 Å². The van der Waals surface area contributed by atoms with Crippen LogP contribution in [0.2, 0.25) is 5.02 Å². The van der Waals surface area contributed by atoms with E-state index in [1.807, 2.05) is 43.5 Å². The van der Waals surface area contributed by atoms with E-state index in [9.17, 15) is 4.79 Å². The summed E-state index contributed by atoms with van der Waals surface area (Å²) in [5, 5.41) is 4.47. The van der Waals surface area contributed by atoms with E-state index < -0.39 is 0 Å². The highest BCUT2D eigenvalue weighted by molar-refractivity contribution is 6.33. The van der Waals surface area contributed by atoms with Gasteiger partial charge in [0.15, 0.2) is 0 Å². The quantitative estimate of drug-likeness (QED) is 0.329. The molecule has 0 amide bonds. The van der Waals surface area contributed by atoms with Crippen LogP contribution in [-0.2, 0) is 7.05 Å². The number of benzene rings is 2. The number of anilines is 3. The van der Waals surface area contributed by atoms with Gasteiger partial charge in [-0.2, -0.15) is 4.98 Å². The standard InChI is InChI=1S/C29H29ClN8O/c1-18-16-31-26(33-18)19-4-9-23(25(30)15-19)24-14-20-17-32-29(35-27(20)37(3)28(24)39)34-21-5-7-22(8-6-21)38-12-10-36(2)11-13-38/h4-9,14-17H,10-13H2,1-3H3,(H,31,33)(H,32,34,35). The smallest absolute Gasteiger partial charge is 0.259 e. The average Bonchev–Trinajstić information content (AvgIpc) is 3.38. The van der Waals surface area contributed by atoms with Gasteiger partial charge in [0.05, 0.1) is 5.69 Å². The molecule has 39 heavy (non-hydrogen) atoms. The van der Waals surface area contributed by atoms with E-state index in [1.54, 1.807) is 19.3 Å². The molecular formula is C29H29ClN8O. The van der Waals surface area contributed by atoms with Crippen LogP contribution in [0.15, 0.2) is 65.7 Å². The molecule has 0 aliphatic carbocycles. The third-order valence-corrected chi connectivity index (χ3v) is 7.49. The molecular weight excluding hydrogens is 512 g/mol. The van der Waals surface area contributed by atoms with Crippen molar-refractivity contribution in [2.24, 2.45) is 7.05 Å². The number of aromatic nitrogens is 5. The molecule has 2 aromatic carbocycles. The van der Waals surface area contributed by atoms with Gasteiger partial charge in [0, 0.05) is 84.1 Å². The van der Waals surface area contributed by atoms with Crippen LogP contribution in [0, 0.1) is 6.92 Å². The summed E-state index contributed by atoms with van der Waals surface area (Å²) in [5.74, 6) is 1.16. The summed E-state index contributed by atoms with van der Waals surface area (Å²) in [6, 6.07) is 15.6. The van der Waals surface area contributed by atoms with Crippen molar-refractivity contribution >= 4 is 40.0 Å². The van der Waals surface area contributed by atoms with Gasteiger partial charge >= 0.3 is 0 Å². The van der Waals surface area contributed by atoms with E-state index in [4.69, 9.17) is 11.6 Å². The summed E-state index contributed by atoms with van der Waals surface area (Å²) in [6.07, 6.45) is 3.56. The monoisotopic (exact) mass is 540 g/mol. The molecule has 9 nitrogen and oxygen atoms in total. The maximum Gasteiger partial charge on any atom is 0.259 e. The number of nitrogens with one attached hydrogen (secondary N) is 2. The second kappa shape index (κ2) is 10.2. The number of hydrogen-bond acceptors (Lipinski definition) is 7. The summed E-state index contributed by atoms with van der Waals surface area (Å²) < 4.78 is 1.54. The first-order valence-corrected chi connectivity index (χ1v) is 13.2. The Hall–Kier alpha value is -4.21. The minimum Gasteiger partial charge on any atom is -0.369 e. The summed E-state index contributed by atoms with van der Waals surface area (Å²) in [4.78, 5) is 34.8. The Morgan fingerprint density at radius 2 is 1.72 bits per heavy atom. The highest BCUT2D eigenvalue weighted by Gasteiger charge is 2.16. The largest absolute Gasteiger partial charge is 0.369 e. The van der Waals surface area contributed by atoms with Crippen molar-refractivity contribution in [3.63, 3.8) is 0 Å². The molecule has 0 bridgehead atoms. The molecule has 1 fully saturated rings.